The maximum absolute atomic E-state index is 12.5. The van der Waals surface area contributed by atoms with Gasteiger partial charge in [-0.15, -0.1) is 0 Å². The first kappa shape index (κ1) is 18.9. The van der Waals surface area contributed by atoms with Crippen LogP contribution < -0.4 is 18.9 Å². The summed E-state index contributed by atoms with van der Waals surface area (Å²) in [6, 6.07) is 12.1. The van der Waals surface area contributed by atoms with E-state index in [1.54, 1.807) is 42.5 Å². The number of ketones is 1. The molecule has 2 aromatic rings. The average molecular weight is 353 g/mol. The zero-order chi connectivity index (χ0) is 18.9. The van der Waals surface area contributed by atoms with E-state index in [1.807, 2.05) is 6.07 Å². The monoisotopic (exact) mass is 353 g/mol. The Hall–Kier alpha value is -3.46. The first-order valence-electron chi connectivity index (χ1n) is 7.75. The second-order valence-electron chi connectivity index (χ2n) is 5.12. The lowest BCUT2D eigenvalue weighted by Gasteiger charge is -2.09. The lowest BCUT2D eigenvalue weighted by Crippen LogP contribution is -2.00. The molecule has 0 N–H and O–H groups in total. The van der Waals surface area contributed by atoms with Crippen LogP contribution in [0.5, 0.6) is 23.0 Å². The number of carbonyl (C=O) groups is 1. The van der Waals surface area contributed by atoms with Gasteiger partial charge in [0.25, 0.3) is 0 Å². The maximum atomic E-state index is 12.5. The molecule has 26 heavy (non-hydrogen) atoms. The van der Waals surface area contributed by atoms with Crippen LogP contribution in [0.1, 0.15) is 15.9 Å². The molecule has 0 fully saturated rings. The Kier molecular flexibility index (Phi) is 6.63. The summed E-state index contributed by atoms with van der Waals surface area (Å²) in [5.41, 5.74) is 1.16. The van der Waals surface area contributed by atoms with Gasteiger partial charge < -0.3 is 18.9 Å². The zero-order valence-electron chi connectivity index (χ0n) is 14.8. The van der Waals surface area contributed by atoms with Crippen LogP contribution in [0.15, 0.2) is 42.5 Å². The number of nitrogens with zero attached hydrogens (tertiary/aromatic N) is 1. The fourth-order valence-electron chi connectivity index (χ4n) is 2.29. The van der Waals surface area contributed by atoms with E-state index < -0.39 is 0 Å². The summed E-state index contributed by atoms with van der Waals surface area (Å²) >= 11 is 0. The second-order valence-corrected chi connectivity index (χ2v) is 5.12. The molecule has 0 aliphatic carbocycles. The lowest BCUT2D eigenvalue weighted by molar-refractivity contribution is 0.104. The van der Waals surface area contributed by atoms with Crippen LogP contribution in [0, 0.1) is 11.3 Å². The Bertz CT molecular complexity index is 852. The van der Waals surface area contributed by atoms with Crippen molar-refractivity contribution in [1.29, 1.82) is 5.26 Å². The van der Waals surface area contributed by atoms with Gasteiger partial charge in [0.05, 0.1) is 26.9 Å². The molecule has 0 aliphatic heterocycles. The number of ether oxygens (including phenoxy) is 4. The van der Waals surface area contributed by atoms with Crippen molar-refractivity contribution in [2.45, 2.75) is 0 Å². The number of benzene rings is 2. The molecule has 0 aromatic heterocycles. The Labute approximate surface area is 152 Å². The number of rotatable bonds is 8. The Morgan fingerprint density at radius 1 is 1.00 bits per heavy atom. The van der Waals surface area contributed by atoms with Crippen LogP contribution in [0.4, 0.5) is 0 Å². The molecule has 0 spiro atoms. The molecule has 0 bridgehead atoms. The highest BCUT2D eigenvalue weighted by Gasteiger charge is 2.11. The zero-order valence-corrected chi connectivity index (χ0v) is 14.8. The third-order valence-corrected chi connectivity index (χ3v) is 3.58. The second kappa shape index (κ2) is 9.14. The van der Waals surface area contributed by atoms with Crippen molar-refractivity contribution in [3.05, 3.63) is 53.6 Å². The number of nitriles is 1. The molecule has 134 valence electrons. The molecule has 0 radical (unpaired) electrons. The molecule has 0 heterocycles. The SMILES string of the molecule is COc1ccc(OC)c(C(=O)C=Cc2ccc(OCC#N)c(OC)c2)c1. The molecule has 0 saturated carbocycles. The number of allylic oxidation sites excluding steroid dienone is 1. The molecule has 0 unspecified atom stereocenters. The van der Waals surface area contributed by atoms with Gasteiger partial charge in [-0.1, -0.05) is 12.1 Å². The first-order chi connectivity index (χ1) is 12.6. The normalized spacial score (nSPS) is 10.2. The van der Waals surface area contributed by atoms with Crippen molar-refractivity contribution in [2.24, 2.45) is 0 Å². The minimum atomic E-state index is -0.218. The molecular formula is C20H19NO5. The predicted molar refractivity (Wildman–Crippen MR) is 97.0 cm³/mol. The van der Waals surface area contributed by atoms with Gasteiger partial charge in [0.15, 0.2) is 23.9 Å². The standard InChI is InChI=1S/C20H19NO5/c1-23-15-6-9-18(24-2)16(13-15)17(22)7-4-14-5-8-19(26-11-10-21)20(12-14)25-3/h4-9,12-13H,11H2,1-3H3. The van der Waals surface area contributed by atoms with Crippen LogP contribution >= 0.6 is 0 Å². The quantitative estimate of drug-likeness (QED) is 0.534. The van der Waals surface area contributed by atoms with Crippen LogP contribution in [-0.2, 0) is 0 Å². The van der Waals surface area contributed by atoms with E-state index in [0.29, 0.717) is 28.6 Å². The summed E-state index contributed by atoms with van der Waals surface area (Å²) in [5.74, 6) is 1.77. The van der Waals surface area contributed by atoms with Crippen molar-refractivity contribution in [3.63, 3.8) is 0 Å². The highest BCUT2D eigenvalue weighted by atomic mass is 16.5. The van der Waals surface area contributed by atoms with Crippen LogP contribution in [-0.4, -0.2) is 33.7 Å². The van der Waals surface area contributed by atoms with Gasteiger partial charge in [-0.3, -0.25) is 4.79 Å². The summed E-state index contributed by atoms with van der Waals surface area (Å²) in [4.78, 5) is 12.5. The van der Waals surface area contributed by atoms with Crippen molar-refractivity contribution in [2.75, 3.05) is 27.9 Å². The summed E-state index contributed by atoms with van der Waals surface area (Å²) in [6.45, 7) is -0.0698. The maximum Gasteiger partial charge on any atom is 0.189 e. The van der Waals surface area contributed by atoms with E-state index >= 15 is 0 Å². The fraction of sp³-hybridized carbons (Fsp3) is 0.200. The largest absolute Gasteiger partial charge is 0.497 e. The summed E-state index contributed by atoms with van der Waals surface area (Å²) in [5, 5.41) is 8.60. The third-order valence-electron chi connectivity index (χ3n) is 3.58. The van der Waals surface area contributed by atoms with Gasteiger partial charge in [0.1, 0.15) is 17.6 Å². The van der Waals surface area contributed by atoms with Crippen molar-refractivity contribution < 1.29 is 23.7 Å². The smallest absolute Gasteiger partial charge is 0.189 e. The Morgan fingerprint density at radius 2 is 1.73 bits per heavy atom. The number of carbonyl (C=O) groups excluding carboxylic acids is 1. The molecule has 0 aliphatic rings. The van der Waals surface area contributed by atoms with E-state index in [0.717, 1.165) is 5.56 Å². The van der Waals surface area contributed by atoms with Crippen LogP contribution in [0.25, 0.3) is 6.08 Å². The highest BCUT2D eigenvalue weighted by Crippen LogP contribution is 2.29. The molecule has 0 atom stereocenters. The van der Waals surface area contributed by atoms with Gasteiger partial charge in [0, 0.05) is 0 Å². The molecular weight excluding hydrogens is 334 g/mol. The Morgan fingerprint density at radius 3 is 2.38 bits per heavy atom. The van der Waals surface area contributed by atoms with Gasteiger partial charge in [0.2, 0.25) is 0 Å². The van der Waals surface area contributed by atoms with Gasteiger partial charge >= 0.3 is 0 Å². The first-order valence-corrected chi connectivity index (χ1v) is 7.75. The fourth-order valence-corrected chi connectivity index (χ4v) is 2.29. The van der Waals surface area contributed by atoms with Crippen LogP contribution in [0.2, 0.25) is 0 Å². The molecule has 0 amide bonds. The van der Waals surface area contributed by atoms with Crippen LogP contribution in [0.3, 0.4) is 0 Å². The highest BCUT2D eigenvalue weighted by molar-refractivity contribution is 6.08. The minimum Gasteiger partial charge on any atom is -0.497 e. The van der Waals surface area contributed by atoms with Crippen molar-refractivity contribution in [1.82, 2.24) is 0 Å². The summed E-state index contributed by atoms with van der Waals surface area (Å²) in [7, 11) is 4.55. The molecule has 6 heteroatoms. The van der Waals surface area contributed by atoms with E-state index in [9.17, 15) is 4.79 Å². The average Bonchev–Trinajstić information content (AvgIpc) is 2.69. The minimum absolute atomic E-state index is 0.0698. The number of hydrogen-bond acceptors (Lipinski definition) is 6. The molecule has 2 rings (SSSR count). The van der Waals surface area contributed by atoms with Crippen molar-refractivity contribution >= 4 is 11.9 Å². The van der Waals surface area contributed by atoms with Gasteiger partial charge in [-0.05, 0) is 42.0 Å². The number of methoxy groups -OCH3 is 3. The van der Waals surface area contributed by atoms with Crippen molar-refractivity contribution in [3.8, 4) is 29.1 Å². The predicted octanol–water partition coefficient (Wildman–Crippen LogP) is 3.51. The van der Waals surface area contributed by atoms with E-state index in [1.165, 1.54) is 27.4 Å². The van der Waals surface area contributed by atoms with E-state index in [-0.39, 0.29) is 12.4 Å². The molecule has 6 nitrogen and oxygen atoms in total. The third kappa shape index (κ3) is 4.54. The van der Waals surface area contributed by atoms with Gasteiger partial charge in [-0.2, -0.15) is 5.26 Å². The summed E-state index contributed by atoms with van der Waals surface area (Å²) < 4.78 is 20.9. The van der Waals surface area contributed by atoms with E-state index in [2.05, 4.69) is 0 Å². The van der Waals surface area contributed by atoms with E-state index in [4.69, 9.17) is 24.2 Å². The van der Waals surface area contributed by atoms with Gasteiger partial charge in [-0.25, -0.2) is 0 Å². The molecule has 2 aromatic carbocycles. The number of hydrogen-bond donors (Lipinski definition) is 0. The summed E-state index contributed by atoms with van der Waals surface area (Å²) in [6.07, 6.45) is 3.11. The topological polar surface area (TPSA) is 77.8 Å². The molecule has 0 saturated heterocycles. The Balaban J connectivity index is 2.24. The lowest BCUT2D eigenvalue weighted by atomic mass is 10.1.